The Labute approximate surface area is 143 Å². The van der Waals surface area contributed by atoms with Gasteiger partial charge in [0.25, 0.3) is 0 Å². The normalized spacial score (nSPS) is 19.8. The average Bonchev–Trinajstić information content (AvgIpc) is 3.06. The van der Waals surface area contributed by atoms with Gasteiger partial charge >= 0.3 is 0 Å². The summed E-state index contributed by atoms with van der Waals surface area (Å²) in [5.41, 5.74) is 3.33. The number of hydrogen-bond donors (Lipinski definition) is 1. The number of nitrogens with one attached hydrogen (secondary N) is 1. The minimum absolute atomic E-state index is 0.130. The van der Waals surface area contributed by atoms with E-state index in [4.69, 9.17) is 4.74 Å². The summed E-state index contributed by atoms with van der Waals surface area (Å²) < 4.78 is 7.37. The number of carbonyl (C=O) groups is 1. The van der Waals surface area contributed by atoms with Crippen LogP contribution in [0.15, 0.2) is 36.7 Å². The summed E-state index contributed by atoms with van der Waals surface area (Å²) in [6, 6.07) is 8.08. The zero-order chi connectivity index (χ0) is 16.9. The van der Waals surface area contributed by atoms with Gasteiger partial charge in [0, 0.05) is 32.0 Å². The lowest BCUT2D eigenvalue weighted by Gasteiger charge is -2.34. The van der Waals surface area contributed by atoms with E-state index < -0.39 is 0 Å². The van der Waals surface area contributed by atoms with Crippen LogP contribution in [0.2, 0.25) is 0 Å². The Hall–Kier alpha value is -2.14. The van der Waals surface area contributed by atoms with Gasteiger partial charge in [0.05, 0.1) is 11.8 Å². The highest BCUT2D eigenvalue weighted by molar-refractivity contribution is 5.76. The number of carbonyl (C=O) groups excluding carboxylic acids is 1. The smallest absolute Gasteiger partial charge is 0.220 e. The minimum Gasteiger partial charge on any atom is -0.378 e. The highest BCUT2D eigenvalue weighted by Crippen LogP contribution is 2.32. The second-order valence-electron chi connectivity index (χ2n) is 6.46. The van der Waals surface area contributed by atoms with E-state index in [0.717, 1.165) is 36.3 Å². The molecule has 1 heterocycles. The third kappa shape index (κ3) is 4.03. The molecule has 0 radical (unpaired) electrons. The molecule has 5 heteroatoms. The molecule has 1 fully saturated rings. The Bertz CT molecular complexity index is 676. The second kappa shape index (κ2) is 7.62. The van der Waals surface area contributed by atoms with Crippen molar-refractivity contribution >= 4 is 5.91 Å². The summed E-state index contributed by atoms with van der Waals surface area (Å²) >= 11 is 0. The van der Waals surface area contributed by atoms with Crippen molar-refractivity contribution in [3.8, 4) is 5.69 Å². The molecule has 1 aliphatic rings. The van der Waals surface area contributed by atoms with Crippen LogP contribution in [0.5, 0.6) is 0 Å². The van der Waals surface area contributed by atoms with Gasteiger partial charge in [0.1, 0.15) is 0 Å². The van der Waals surface area contributed by atoms with Crippen LogP contribution in [-0.4, -0.2) is 28.4 Å². The van der Waals surface area contributed by atoms with Gasteiger partial charge in [-0.2, -0.15) is 5.10 Å². The van der Waals surface area contributed by atoms with Gasteiger partial charge in [0.2, 0.25) is 5.91 Å². The third-order valence-corrected chi connectivity index (χ3v) is 4.64. The fraction of sp³-hybridized carbons (Fsp3) is 0.474. The third-order valence-electron chi connectivity index (χ3n) is 4.64. The van der Waals surface area contributed by atoms with E-state index >= 15 is 0 Å². The van der Waals surface area contributed by atoms with Gasteiger partial charge < -0.3 is 10.1 Å². The van der Waals surface area contributed by atoms with E-state index in [-0.39, 0.29) is 5.91 Å². The minimum atomic E-state index is 0.130. The fourth-order valence-corrected chi connectivity index (χ4v) is 3.18. The molecule has 3 rings (SSSR count). The first-order chi connectivity index (χ1) is 11.7. The Morgan fingerprint density at radius 1 is 1.42 bits per heavy atom. The molecule has 1 aromatic carbocycles. The number of nitrogens with zero attached hydrogens (tertiary/aromatic N) is 2. The van der Waals surface area contributed by atoms with E-state index in [1.165, 1.54) is 0 Å². The maximum atomic E-state index is 12.1. The van der Waals surface area contributed by atoms with Crippen LogP contribution in [0.25, 0.3) is 5.69 Å². The number of ether oxygens (including phenoxy) is 1. The summed E-state index contributed by atoms with van der Waals surface area (Å²) in [5, 5.41) is 7.27. The summed E-state index contributed by atoms with van der Waals surface area (Å²) in [7, 11) is 0. The molecule has 1 amide bonds. The number of amides is 1. The summed E-state index contributed by atoms with van der Waals surface area (Å²) in [6.07, 6.45) is 6.68. The highest BCUT2D eigenvalue weighted by Gasteiger charge is 2.30. The Kier molecular flexibility index (Phi) is 5.30. The monoisotopic (exact) mass is 327 g/mol. The van der Waals surface area contributed by atoms with Crippen molar-refractivity contribution in [2.24, 2.45) is 5.92 Å². The van der Waals surface area contributed by atoms with Crippen LogP contribution in [0.4, 0.5) is 0 Å². The fourth-order valence-electron chi connectivity index (χ4n) is 3.18. The maximum absolute atomic E-state index is 12.1. The molecule has 1 saturated carbocycles. The van der Waals surface area contributed by atoms with Crippen LogP contribution in [0.3, 0.4) is 0 Å². The van der Waals surface area contributed by atoms with Crippen molar-refractivity contribution in [1.82, 2.24) is 15.1 Å². The molecule has 0 atom stereocenters. The first-order valence-corrected chi connectivity index (χ1v) is 8.63. The molecule has 128 valence electrons. The number of hydrogen-bond acceptors (Lipinski definition) is 3. The van der Waals surface area contributed by atoms with Gasteiger partial charge in [-0.3, -0.25) is 4.79 Å². The van der Waals surface area contributed by atoms with Crippen molar-refractivity contribution in [3.63, 3.8) is 0 Å². The lowest BCUT2D eigenvalue weighted by molar-refractivity contribution is -0.124. The first-order valence-electron chi connectivity index (χ1n) is 8.63. The molecule has 0 bridgehead atoms. The molecule has 1 N–H and O–H groups in total. The Balaban J connectivity index is 1.47. The molecule has 1 aromatic heterocycles. The van der Waals surface area contributed by atoms with Crippen LogP contribution in [0.1, 0.15) is 37.3 Å². The van der Waals surface area contributed by atoms with Crippen LogP contribution >= 0.6 is 0 Å². The number of benzene rings is 1. The molecule has 0 aliphatic heterocycles. The van der Waals surface area contributed by atoms with Crippen molar-refractivity contribution in [1.29, 1.82) is 0 Å². The SMILES string of the molecule is CCOC1CC(CC(=O)NCc2ccc(-n3cccn3)cc2C)C1. The second-order valence-corrected chi connectivity index (χ2v) is 6.46. The Morgan fingerprint density at radius 3 is 2.92 bits per heavy atom. The van der Waals surface area contributed by atoms with Crippen molar-refractivity contribution in [2.45, 2.75) is 45.8 Å². The lowest BCUT2D eigenvalue weighted by atomic mass is 9.80. The van der Waals surface area contributed by atoms with Gasteiger partial charge in [0.15, 0.2) is 0 Å². The lowest BCUT2D eigenvalue weighted by Crippen LogP contribution is -2.35. The van der Waals surface area contributed by atoms with E-state index in [1.54, 1.807) is 6.20 Å². The van der Waals surface area contributed by atoms with Gasteiger partial charge in [-0.05, 0) is 61.9 Å². The van der Waals surface area contributed by atoms with E-state index in [9.17, 15) is 4.79 Å². The number of aromatic nitrogens is 2. The zero-order valence-corrected chi connectivity index (χ0v) is 14.4. The summed E-state index contributed by atoms with van der Waals surface area (Å²) in [4.78, 5) is 12.1. The summed E-state index contributed by atoms with van der Waals surface area (Å²) in [5.74, 6) is 0.607. The molecule has 0 unspecified atom stereocenters. The van der Waals surface area contributed by atoms with Gasteiger partial charge in [-0.1, -0.05) is 6.07 Å². The molecule has 24 heavy (non-hydrogen) atoms. The first kappa shape index (κ1) is 16.7. The summed E-state index contributed by atoms with van der Waals surface area (Å²) in [6.45, 7) is 5.41. The van der Waals surface area contributed by atoms with Gasteiger partial charge in [-0.25, -0.2) is 4.68 Å². The molecule has 0 saturated heterocycles. The van der Waals surface area contributed by atoms with Crippen molar-refractivity contribution < 1.29 is 9.53 Å². The standard InChI is InChI=1S/C19H25N3O2/c1-3-24-18-10-15(11-18)12-19(23)20-13-16-5-6-17(9-14(16)2)22-8-4-7-21-22/h4-9,15,18H,3,10-13H2,1-2H3,(H,20,23). The zero-order valence-electron chi connectivity index (χ0n) is 14.4. The number of aryl methyl sites for hydroxylation is 1. The van der Waals surface area contributed by atoms with E-state index in [2.05, 4.69) is 29.5 Å². The molecule has 1 aliphatic carbocycles. The molecular formula is C19H25N3O2. The average molecular weight is 327 g/mol. The predicted molar refractivity (Wildman–Crippen MR) is 92.9 cm³/mol. The maximum Gasteiger partial charge on any atom is 0.220 e. The van der Waals surface area contributed by atoms with Crippen LogP contribution < -0.4 is 5.32 Å². The number of rotatable bonds is 7. The highest BCUT2D eigenvalue weighted by atomic mass is 16.5. The molecule has 5 nitrogen and oxygen atoms in total. The molecule has 2 aromatic rings. The van der Waals surface area contributed by atoms with Crippen molar-refractivity contribution in [3.05, 3.63) is 47.8 Å². The molecule has 0 spiro atoms. The van der Waals surface area contributed by atoms with E-state index in [1.807, 2.05) is 29.9 Å². The van der Waals surface area contributed by atoms with E-state index in [0.29, 0.717) is 25.0 Å². The largest absolute Gasteiger partial charge is 0.378 e. The Morgan fingerprint density at radius 2 is 2.25 bits per heavy atom. The topological polar surface area (TPSA) is 56.1 Å². The predicted octanol–water partition coefficient (Wildman–Crippen LogP) is 3.00. The van der Waals surface area contributed by atoms with Crippen LogP contribution in [0, 0.1) is 12.8 Å². The molecular weight excluding hydrogens is 302 g/mol. The van der Waals surface area contributed by atoms with Crippen molar-refractivity contribution in [2.75, 3.05) is 6.61 Å². The van der Waals surface area contributed by atoms with Crippen LogP contribution in [-0.2, 0) is 16.1 Å². The quantitative estimate of drug-likeness (QED) is 0.850. The van der Waals surface area contributed by atoms with Gasteiger partial charge in [-0.15, -0.1) is 0 Å².